The van der Waals surface area contributed by atoms with Crippen LogP contribution in [0.25, 0.3) is 0 Å². The molecular formula is C15H21N3O4. The number of benzene rings is 1. The van der Waals surface area contributed by atoms with Crippen molar-refractivity contribution >= 4 is 17.5 Å². The quantitative estimate of drug-likeness (QED) is 0.712. The Morgan fingerprint density at radius 3 is 2.68 bits per heavy atom. The van der Waals surface area contributed by atoms with Gasteiger partial charge in [-0.15, -0.1) is 0 Å². The maximum atomic E-state index is 12.2. The van der Waals surface area contributed by atoms with Gasteiger partial charge in [0, 0.05) is 23.7 Å². The molecule has 0 spiro atoms. The lowest BCUT2D eigenvalue weighted by atomic mass is 10.1. The molecule has 0 radical (unpaired) electrons. The van der Waals surface area contributed by atoms with Crippen molar-refractivity contribution in [2.24, 2.45) is 17.4 Å². The van der Waals surface area contributed by atoms with Crippen molar-refractivity contribution in [1.29, 1.82) is 0 Å². The zero-order chi connectivity index (χ0) is 16.1. The molecule has 2 amide bonds. The zero-order valence-corrected chi connectivity index (χ0v) is 12.5. The molecule has 1 aromatic carbocycles. The van der Waals surface area contributed by atoms with E-state index in [-0.39, 0.29) is 24.5 Å². The molecule has 120 valence electrons. The van der Waals surface area contributed by atoms with Gasteiger partial charge in [-0.2, -0.15) is 0 Å². The lowest BCUT2D eigenvalue weighted by Crippen LogP contribution is -2.23. The van der Waals surface area contributed by atoms with Gasteiger partial charge in [0.1, 0.15) is 0 Å². The number of nitrogens with one attached hydrogen (secondary N) is 1. The van der Waals surface area contributed by atoms with Crippen LogP contribution in [-0.4, -0.2) is 31.6 Å². The van der Waals surface area contributed by atoms with E-state index in [0.717, 1.165) is 12.8 Å². The third-order valence-electron chi connectivity index (χ3n) is 3.65. The fraction of sp³-hybridized carbons (Fsp3) is 0.467. The first-order valence-electron chi connectivity index (χ1n) is 7.15. The lowest BCUT2D eigenvalue weighted by molar-refractivity contribution is -0.120. The van der Waals surface area contributed by atoms with E-state index in [9.17, 15) is 9.59 Å². The molecule has 2 atom stereocenters. The summed E-state index contributed by atoms with van der Waals surface area (Å²) < 4.78 is 10.4. The minimum absolute atomic E-state index is 0.0565. The first-order chi connectivity index (χ1) is 10.5. The van der Waals surface area contributed by atoms with Crippen molar-refractivity contribution in [1.82, 2.24) is 0 Å². The molecule has 1 saturated carbocycles. The summed E-state index contributed by atoms with van der Waals surface area (Å²) in [5.41, 5.74) is 11.5. The second kappa shape index (κ2) is 7.13. The minimum atomic E-state index is -0.587. The Kier molecular flexibility index (Phi) is 5.21. The summed E-state index contributed by atoms with van der Waals surface area (Å²) in [6.07, 6.45) is 2.37. The van der Waals surface area contributed by atoms with E-state index in [2.05, 4.69) is 5.32 Å². The van der Waals surface area contributed by atoms with E-state index in [4.69, 9.17) is 20.9 Å². The van der Waals surface area contributed by atoms with Gasteiger partial charge >= 0.3 is 0 Å². The number of methoxy groups -OCH3 is 1. The molecule has 5 N–H and O–H groups in total. The van der Waals surface area contributed by atoms with Crippen molar-refractivity contribution in [2.75, 3.05) is 19.0 Å². The molecule has 0 bridgehead atoms. The van der Waals surface area contributed by atoms with Crippen LogP contribution < -0.4 is 26.3 Å². The smallest absolute Gasteiger partial charge is 0.255 e. The van der Waals surface area contributed by atoms with E-state index in [1.54, 1.807) is 18.2 Å². The molecule has 2 rings (SSSR count). The monoisotopic (exact) mass is 307 g/mol. The number of hydrogen-bond acceptors (Lipinski definition) is 5. The Labute approximate surface area is 128 Å². The number of nitrogens with two attached hydrogens (primary N) is 2. The predicted octanol–water partition coefficient (Wildman–Crippen LogP) is 0.625. The molecule has 1 fully saturated rings. The molecule has 22 heavy (non-hydrogen) atoms. The van der Waals surface area contributed by atoms with Crippen molar-refractivity contribution in [3.8, 4) is 11.5 Å². The molecule has 1 aliphatic rings. The van der Waals surface area contributed by atoms with Crippen molar-refractivity contribution in [2.45, 2.75) is 25.3 Å². The molecule has 0 aliphatic heterocycles. The molecule has 7 heteroatoms. The summed E-state index contributed by atoms with van der Waals surface area (Å²) in [5, 5.41) is 2.84. The average Bonchev–Trinajstić information content (AvgIpc) is 2.92. The first kappa shape index (κ1) is 16.1. The van der Waals surface area contributed by atoms with Crippen LogP contribution in [0.4, 0.5) is 5.69 Å². The van der Waals surface area contributed by atoms with E-state index in [0.29, 0.717) is 23.6 Å². The number of carbonyl (C=O) groups excluding carboxylic acids is 2. The Morgan fingerprint density at radius 1 is 1.32 bits per heavy atom. The van der Waals surface area contributed by atoms with Crippen molar-refractivity contribution in [3.05, 3.63) is 18.2 Å². The molecule has 7 nitrogen and oxygen atoms in total. The van der Waals surface area contributed by atoms with E-state index in [1.165, 1.54) is 7.11 Å². The molecular weight excluding hydrogens is 286 g/mol. The summed E-state index contributed by atoms with van der Waals surface area (Å²) >= 11 is 0. The van der Waals surface area contributed by atoms with Gasteiger partial charge in [0.05, 0.1) is 7.11 Å². The van der Waals surface area contributed by atoms with E-state index >= 15 is 0 Å². The minimum Gasteiger partial charge on any atom is -0.493 e. The second-order valence-corrected chi connectivity index (χ2v) is 5.38. The average molecular weight is 307 g/mol. The highest BCUT2D eigenvalue weighted by atomic mass is 16.5. The van der Waals surface area contributed by atoms with E-state index < -0.39 is 5.91 Å². The summed E-state index contributed by atoms with van der Waals surface area (Å²) in [4.78, 5) is 23.0. The van der Waals surface area contributed by atoms with Crippen LogP contribution in [0.3, 0.4) is 0 Å². The SMILES string of the molecule is COc1ccc(NC(=O)C2CCC(N)C2)cc1OCC(N)=O. The third-order valence-corrected chi connectivity index (χ3v) is 3.65. The predicted molar refractivity (Wildman–Crippen MR) is 81.6 cm³/mol. The number of hydrogen-bond donors (Lipinski definition) is 3. The second-order valence-electron chi connectivity index (χ2n) is 5.38. The van der Waals surface area contributed by atoms with Gasteiger partial charge in [-0.1, -0.05) is 0 Å². The number of carbonyl (C=O) groups is 2. The van der Waals surface area contributed by atoms with Crippen molar-refractivity contribution in [3.63, 3.8) is 0 Å². The van der Waals surface area contributed by atoms with E-state index in [1.807, 2.05) is 0 Å². The van der Waals surface area contributed by atoms with Gasteiger partial charge in [0.15, 0.2) is 18.1 Å². The normalized spacial score (nSPS) is 20.5. The fourth-order valence-electron chi connectivity index (χ4n) is 2.52. The highest BCUT2D eigenvalue weighted by Crippen LogP contribution is 2.31. The van der Waals surface area contributed by atoms with Crippen LogP contribution in [-0.2, 0) is 9.59 Å². The van der Waals surface area contributed by atoms with Crippen LogP contribution >= 0.6 is 0 Å². The number of amides is 2. The molecule has 1 aromatic rings. The molecule has 0 saturated heterocycles. The number of rotatable bonds is 6. The summed E-state index contributed by atoms with van der Waals surface area (Å²) in [5.74, 6) is 0.104. The zero-order valence-electron chi connectivity index (χ0n) is 12.5. The van der Waals surface area contributed by atoms with Gasteiger partial charge < -0.3 is 26.3 Å². The highest BCUT2D eigenvalue weighted by molar-refractivity contribution is 5.93. The topological polar surface area (TPSA) is 117 Å². The molecule has 2 unspecified atom stereocenters. The summed E-state index contributed by atoms with van der Waals surface area (Å²) in [6.45, 7) is -0.259. The van der Waals surface area contributed by atoms with Crippen LogP contribution in [0.2, 0.25) is 0 Å². The highest BCUT2D eigenvalue weighted by Gasteiger charge is 2.27. The molecule has 0 heterocycles. The summed E-state index contributed by atoms with van der Waals surface area (Å²) in [6, 6.07) is 5.07. The standard InChI is InChI=1S/C15H21N3O4/c1-21-12-5-4-11(7-13(12)22-8-14(17)19)18-15(20)9-2-3-10(16)6-9/h4-5,7,9-10H,2-3,6,8,16H2,1H3,(H2,17,19)(H,18,20). The van der Waals surface area contributed by atoms with Gasteiger partial charge in [0.2, 0.25) is 5.91 Å². The van der Waals surface area contributed by atoms with Crippen molar-refractivity contribution < 1.29 is 19.1 Å². The largest absolute Gasteiger partial charge is 0.493 e. The number of primary amides is 1. The van der Waals surface area contributed by atoms with Crippen LogP contribution in [0.5, 0.6) is 11.5 Å². The molecule has 0 aromatic heterocycles. The number of ether oxygens (including phenoxy) is 2. The van der Waals surface area contributed by atoms with Gasteiger partial charge in [0.25, 0.3) is 5.91 Å². The Morgan fingerprint density at radius 2 is 2.09 bits per heavy atom. The fourth-order valence-corrected chi connectivity index (χ4v) is 2.52. The maximum absolute atomic E-state index is 12.2. The Bertz CT molecular complexity index is 562. The summed E-state index contributed by atoms with van der Waals surface area (Å²) in [7, 11) is 1.49. The molecule has 1 aliphatic carbocycles. The third kappa shape index (κ3) is 4.11. The van der Waals surface area contributed by atoms with Crippen LogP contribution in [0, 0.1) is 5.92 Å². The van der Waals surface area contributed by atoms with Crippen LogP contribution in [0.1, 0.15) is 19.3 Å². The van der Waals surface area contributed by atoms with Gasteiger partial charge in [-0.25, -0.2) is 0 Å². The van der Waals surface area contributed by atoms with Gasteiger partial charge in [-0.05, 0) is 31.4 Å². The Hall–Kier alpha value is -2.28. The lowest BCUT2D eigenvalue weighted by Gasteiger charge is -2.14. The number of anilines is 1. The van der Waals surface area contributed by atoms with Crippen LogP contribution in [0.15, 0.2) is 18.2 Å². The van der Waals surface area contributed by atoms with Gasteiger partial charge in [-0.3, -0.25) is 9.59 Å². The maximum Gasteiger partial charge on any atom is 0.255 e. The first-order valence-corrected chi connectivity index (χ1v) is 7.15. The Balaban J connectivity index is 2.05.